The van der Waals surface area contributed by atoms with Gasteiger partial charge in [-0.25, -0.2) is 13.2 Å². The fraction of sp³-hybridized carbons (Fsp3) is 0.316. The average molecular weight is 380 g/mol. The molecule has 1 heterocycles. The minimum Gasteiger partial charge on any atom is -0.325 e. The zero-order chi connectivity index (χ0) is 18.7. The van der Waals surface area contributed by atoms with Crippen LogP contribution in [0.4, 0.5) is 13.2 Å². The first-order valence-corrected chi connectivity index (χ1v) is 9.27. The average Bonchev–Trinajstić information content (AvgIpc) is 3.04. The summed E-state index contributed by atoms with van der Waals surface area (Å²) in [7, 11) is 1.73. The molecule has 3 nitrogen and oxygen atoms in total. The Morgan fingerprint density at radius 2 is 1.77 bits per heavy atom. The molecule has 1 saturated heterocycles. The normalized spacial score (nSPS) is 17.1. The zero-order valence-corrected chi connectivity index (χ0v) is 15.1. The molecule has 26 heavy (non-hydrogen) atoms. The Morgan fingerprint density at radius 3 is 2.42 bits per heavy atom. The number of hydrogen-bond acceptors (Lipinski definition) is 3. The van der Waals surface area contributed by atoms with Crippen molar-refractivity contribution in [2.75, 3.05) is 25.9 Å². The van der Waals surface area contributed by atoms with Crippen LogP contribution in [0.1, 0.15) is 16.5 Å². The summed E-state index contributed by atoms with van der Waals surface area (Å²) >= 11 is 1.64. The summed E-state index contributed by atoms with van der Waals surface area (Å²) in [5, 5.41) is -0.136. The predicted octanol–water partition coefficient (Wildman–Crippen LogP) is 3.81. The third kappa shape index (κ3) is 4.59. The first-order chi connectivity index (χ1) is 12.4. The molecule has 1 aliphatic heterocycles. The van der Waals surface area contributed by atoms with Crippen LogP contribution in [0.5, 0.6) is 0 Å². The molecule has 1 fully saturated rings. The second-order valence-electron chi connectivity index (χ2n) is 6.31. The lowest BCUT2D eigenvalue weighted by Gasteiger charge is -2.26. The lowest BCUT2D eigenvalue weighted by Crippen LogP contribution is -2.38. The molecule has 1 amide bonds. The third-order valence-electron chi connectivity index (χ3n) is 4.15. The predicted molar refractivity (Wildman–Crippen MR) is 96.0 cm³/mol. The van der Waals surface area contributed by atoms with Crippen LogP contribution in [0.3, 0.4) is 0 Å². The largest absolute Gasteiger partial charge is 0.325 e. The summed E-state index contributed by atoms with van der Waals surface area (Å²) < 4.78 is 39.7. The van der Waals surface area contributed by atoms with E-state index < -0.39 is 11.6 Å². The van der Waals surface area contributed by atoms with E-state index in [2.05, 4.69) is 0 Å². The van der Waals surface area contributed by atoms with Gasteiger partial charge >= 0.3 is 0 Å². The molecule has 1 aliphatic rings. The first kappa shape index (κ1) is 18.8. The molecule has 0 bridgehead atoms. The van der Waals surface area contributed by atoms with Crippen LogP contribution in [0.2, 0.25) is 0 Å². The summed E-state index contributed by atoms with van der Waals surface area (Å²) in [5.41, 5.74) is 1.36. The van der Waals surface area contributed by atoms with Crippen LogP contribution < -0.4 is 0 Å². The minimum atomic E-state index is -0.632. The van der Waals surface area contributed by atoms with Gasteiger partial charge in [-0.05, 0) is 42.4 Å². The lowest BCUT2D eigenvalue weighted by molar-refractivity contribution is -0.132. The third-order valence-corrected chi connectivity index (χ3v) is 5.41. The number of halogens is 3. The second kappa shape index (κ2) is 8.14. The van der Waals surface area contributed by atoms with Crippen LogP contribution in [-0.4, -0.2) is 41.6 Å². The van der Waals surface area contributed by atoms with Crippen molar-refractivity contribution >= 4 is 17.7 Å². The number of hydrogen-bond donors (Lipinski definition) is 0. The molecule has 0 spiro atoms. The summed E-state index contributed by atoms with van der Waals surface area (Å²) in [4.78, 5) is 16.2. The summed E-state index contributed by atoms with van der Waals surface area (Å²) in [6.45, 7) is 1.02. The second-order valence-corrected chi connectivity index (χ2v) is 7.50. The Balaban J connectivity index is 1.63. The Kier molecular flexibility index (Phi) is 5.88. The van der Waals surface area contributed by atoms with Crippen LogP contribution in [0.25, 0.3) is 0 Å². The van der Waals surface area contributed by atoms with Gasteiger partial charge in [0.25, 0.3) is 0 Å². The van der Waals surface area contributed by atoms with Gasteiger partial charge in [0, 0.05) is 24.9 Å². The van der Waals surface area contributed by atoms with Gasteiger partial charge in [-0.1, -0.05) is 12.1 Å². The molecule has 138 valence electrons. The number of nitrogens with zero attached hydrogens (tertiary/aromatic N) is 2. The molecule has 7 heteroatoms. The quantitative estimate of drug-likeness (QED) is 0.788. The number of carbonyl (C=O) groups is 1. The highest BCUT2D eigenvalue weighted by Gasteiger charge is 2.30. The number of thioether (sulfide) groups is 1. The Labute approximate surface area is 154 Å². The summed E-state index contributed by atoms with van der Waals surface area (Å²) in [6.07, 6.45) is 0. The molecule has 0 saturated carbocycles. The Morgan fingerprint density at radius 1 is 1.12 bits per heavy atom. The molecule has 1 unspecified atom stereocenters. The van der Waals surface area contributed by atoms with Crippen LogP contribution >= 0.6 is 11.8 Å². The standard InChI is InChI=1S/C19H19F3N2OS/c1-23(11-13-8-16(21)10-17(22)9-13)12-18(25)24-6-7-26-19(24)14-2-4-15(20)5-3-14/h2-5,8-10,19H,6-7,11-12H2,1H3. The number of likely N-dealkylation sites (N-methyl/N-ethyl adjacent to an activating group) is 1. The van der Waals surface area contributed by atoms with Gasteiger partial charge < -0.3 is 4.90 Å². The van der Waals surface area contributed by atoms with Crippen molar-refractivity contribution < 1.29 is 18.0 Å². The van der Waals surface area contributed by atoms with E-state index in [-0.39, 0.29) is 30.2 Å². The van der Waals surface area contributed by atoms with Crippen molar-refractivity contribution in [3.63, 3.8) is 0 Å². The lowest BCUT2D eigenvalue weighted by atomic mass is 10.2. The molecule has 0 aliphatic carbocycles. The van der Waals surface area contributed by atoms with E-state index in [0.29, 0.717) is 12.1 Å². The molecule has 2 aromatic rings. The van der Waals surface area contributed by atoms with Gasteiger partial charge in [0.2, 0.25) is 5.91 Å². The molecule has 0 radical (unpaired) electrons. The van der Waals surface area contributed by atoms with E-state index in [1.165, 1.54) is 24.3 Å². The van der Waals surface area contributed by atoms with E-state index in [0.717, 1.165) is 17.4 Å². The maximum Gasteiger partial charge on any atom is 0.237 e. The highest BCUT2D eigenvalue weighted by molar-refractivity contribution is 7.99. The SMILES string of the molecule is CN(CC(=O)N1CCSC1c1ccc(F)cc1)Cc1cc(F)cc(F)c1. The van der Waals surface area contributed by atoms with Crippen LogP contribution in [0.15, 0.2) is 42.5 Å². The molecule has 2 aromatic carbocycles. The van der Waals surface area contributed by atoms with E-state index in [1.807, 2.05) is 0 Å². The molecule has 1 atom stereocenters. The number of amides is 1. The van der Waals surface area contributed by atoms with Crippen molar-refractivity contribution in [2.24, 2.45) is 0 Å². The highest BCUT2D eigenvalue weighted by atomic mass is 32.2. The van der Waals surface area contributed by atoms with Crippen molar-refractivity contribution in [3.05, 3.63) is 71.0 Å². The molecular weight excluding hydrogens is 361 g/mol. The first-order valence-electron chi connectivity index (χ1n) is 8.22. The van der Waals surface area contributed by atoms with E-state index in [4.69, 9.17) is 0 Å². The van der Waals surface area contributed by atoms with Gasteiger partial charge in [-0.15, -0.1) is 11.8 Å². The van der Waals surface area contributed by atoms with Crippen molar-refractivity contribution in [3.8, 4) is 0 Å². The Bertz CT molecular complexity index is 765. The van der Waals surface area contributed by atoms with Gasteiger partial charge in [-0.2, -0.15) is 0 Å². The number of rotatable bonds is 5. The van der Waals surface area contributed by atoms with Crippen molar-refractivity contribution in [1.82, 2.24) is 9.80 Å². The van der Waals surface area contributed by atoms with Gasteiger partial charge in [0.15, 0.2) is 0 Å². The topological polar surface area (TPSA) is 23.6 Å². The Hall–Kier alpha value is -1.99. The summed E-state index contributed by atoms with van der Waals surface area (Å²) in [5.74, 6) is -0.827. The number of benzene rings is 2. The van der Waals surface area contributed by atoms with E-state index in [9.17, 15) is 18.0 Å². The fourth-order valence-corrected chi connectivity index (χ4v) is 4.30. The maximum atomic E-state index is 13.3. The van der Waals surface area contributed by atoms with Gasteiger partial charge in [0.05, 0.1) is 6.54 Å². The van der Waals surface area contributed by atoms with Crippen molar-refractivity contribution in [2.45, 2.75) is 11.9 Å². The zero-order valence-electron chi connectivity index (χ0n) is 14.3. The number of carbonyl (C=O) groups excluding carboxylic acids is 1. The highest BCUT2D eigenvalue weighted by Crippen LogP contribution is 2.37. The van der Waals surface area contributed by atoms with E-state index in [1.54, 1.807) is 40.7 Å². The van der Waals surface area contributed by atoms with Gasteiger partial charge in [-0.3, -0.25) is 9.69 Å². The van der Waals surface area contributed by atoms with Crippen molar-refractivity contribution in [1.29, 1.82) is 0 Å². The molecule has 3 rings (SSSR count). The fourth-order valence-electron chi connectivity index (χ4n) is 3.02. The molecule has 0 N–H and O–H groups in total. The van der Waals surface area contributed by atoms with Crippen LogP contribution in [0, 0.1) is 17.5 Å². The van der Waals surface area contributed by atoms with E-state index >= 15 is 0 Å². The smallest absolute Gasteiger partial charge is 0.237 e. The maximum absolute atomic E-state index is 13.3. The minimum absolute atomic E-state index is 0.0660. The monoisotopic (exact) mass is 380 g/mol. The summed E-state index contributed by atoms with van der Waals surface area (Å²) in [6, 6.07) is 9.51. The van der Waals surface area contributed by atoms with Gasteiger partial charge in [0.1, 0.15) is 22.8 Å². The molecule has 0 aromatic heterocycles. The van der Waals surface area contributed by atoms with Crippen LogP contribution in [-0.2, 0) is 11.3 Å². The molecular formula is C19H19F3N2OS.